The first-order chi connectivity index (χ1) is 9.69. The van der Waals surface area contributed by atoms with Crippen molar-refractivity contribution in [3.05, 3.63) is 29.8 Å². The summed E-state index contributed by atoms with van der Waals surface area (Å²) >= 11 is 0. The minimum Gasteiger partial charge on any atom is -0.508 e. The maximum atomic E-state index is 10.2. The van der Waals surface area contributed by atoms with Crippen LogP contribution in [0, 0.1) is 0 Å². The molecule has 1 unspecified atom stereocenters. The summed E-state index contributed by atoms with van der Waals surface area (Å²) in [6, 6.07) is 8.46. The fraction of sp³-hybridized carbons (Fsp3) is 0.647. The Morgan fingerprint density at radius 1 is 1.10 bits per heavy atom. The van der Waals surface area contributed by atoms with Gasteiger partial charge in [-0.1, -0.05) is 39.0 Å². The Morgan fingerprint density at radius 3 is 2.25 bits per heavy atom. The lowest BCUT2D eigenvalue weighted by Gasteiger charge is -2.37. The molecule has 1 N–H and O–H groups in total. The number of ether oxygens (including phenoxy) is 1. The molecule has 1 aromatic rings. The van der Waals surface area contributed by atoms with Gasteiger partial charge in [0.15, 0.2) is 0 Å². The molecule has 20 heavy (non-hydrogen) atoms. The predicted molar refractivity (Wildman–Crippen MR) is 84.1 cm³/mol. The quantitative estimate of drug-likeness (QED) is 0.742. The van der Waals surface area contributed by atoms with E-state index in [9.17, 15) is 5.11 Å². The molecule has 0 saturated carbocycles. The number of rotatable bonds is 9. The normalized spacial score (nSPS) is 13.1. The second-order valence-corrected chi connectivity index (χ2v) is 5.18. The summed E-state index contributed by atoms with van der Waals surface area (Å²) in [5, 5.41) is 10.2. The third kappa shape index (κ3) is 4.22. The van der Waals surface area contributed by atoms with Crippen LogP contribution >= 0.6 is 0 Å². The molecule has 1 rings (SSSR count). The zero-order valence-corrected chi connectivity index (χ0v) is 13.3. The van der Waals surface area contributed by atoms with Crippen LogP contribution in [0.2, 0.25) is 0 Å². The van der Waals surface area contributed by atoms with Crippen LogP contribution in [-0.4, -0.2) is 36.3 Å². The van der Waals surface area contributed by atoms with Crippen molar-refractivity contribution in [3.8, 4) is 5.75 Å². The first kappa shape index (κ1) is 17.0. The fourth-order valence-corrected chi connectivity index (χ4v) is 2.95. The molecule has 1 atom stereocenters. The van der Waals surface area contributed by atoms with Crippen molar-refractivity contribution in [2.75, 3.05) is 20.3 Å². The average Bonchev–Trinajstić information content (AvgIpc) is 2.47. The van der Waals surface area contributed by atoms with E-state index < -0.39 is 0 Å². The third-order valence-corrected chi connectivity index (χ3v) is 4.05. The highest BCUT2D eigenvalue weighted by molar-refractivity contribution is 5.34. The molecule has 1 aromatic carbocycles. The summed E-state index contributed by atoms with van der Waals surface area (Å²) in [4.78, 5) is 2.48. The van der Waals surface area contributed by atoms with E-state index >= 15 is 0 Å². The van der Waals surface area contributed by atoms with Gasteiger partial charge in [-0.15, -0.1) is 0 Å². The highest BCUT2D eigenvalue weighted by atomic mass is 16.5. The van der Waals surface area contributed by atoms with Crippen LogP contribution in [0.1, 0.15) is 51.6 Å². The van der Waals surface area contributed by atoms with Gasteiger partial charge in [0.25, 0.3) is 0 Å². The van der Waals surface area contributed by atoms with Gasteiger partial charge in [0.05, 0.1) is 6.61 Å². The Kier molecular flexibility index (Phi) is 7.63. The molecule has 0 aliphatic rings. The minimum atomic E-state index is 0.247. The van der Waals surface area contributed by atoms with E-state index in [0.717, 1.165) is 38.0 Å². The Balaban J connectivity index is 3.03. The first-order valence-electron chi connectivity index (χ1n) is 7.72. The maximum Gasteiger partial charge on any atom is 0.120 e. The number of benzene rings is 1. The van der Waals surface area contributed by atoms with Crippen LogP contribution in [0.15, 0.2) is 24.3 Å². The average molecular weight is 279 g/mol. The zero-order valence-electron chi connectivity index (χ0n) is 13.3. The van der Waals surface area contributed by atoms with Gasteiger partial charge in [-0.2, -0.15) is 0 Å². The molecule has 0 heterocycles. The van der Waals surface area contributed by atoms with Crippen molar-refractivity contribution in [2.45, 2.75) is 52.1 Å². The van der Waals surface area contributed by atoms with Crippen LogP contribution in [0.5, 0.6) is 5.75 Å². The molecule has 0 amide bonds. The number of nitrogens with zero attached hydrogens (tertiary/aromatic N) is 1. The molecular formula is C17H29NO2. The van der Waals surface area contributed by atoms with Gasteiger partial charge in [-0.25, -0.2) is 0 Å². The largest absolute Gasteiger partial charge is 0.508 e. The van der Waals surface area contributed by atoms with Crippen LogP contribution in [0.4, 0.5) is 0 Å². The second kappa shape index (κ2) is 8.98. The number of phenols is 1. The van der Waals surface area contributed by atoms with Crippen molar-refractivity contribution < 1.29 is 9.84 Å². The van der Waals surface area contributed by atoms with Crippen LogP contribution in [-0.2, 0) is 4.74 Å². The SMILES string of the molecule is CCC(CC)N(CCOC)C(CC)c1ccccc1O. The first-order valence-corrected chi connectivity index (χ1v) is 7.72. The highest BCUT2D eigenvalue weighted by Gasteiger charge is 2.25. The smallest absolute Gasteiger partial charge is 0.120 e. The number of aromatic hydroxyl groups is 1. The monoisotopic (exact) mass is 279 g/mol. The Labute approximate surface area is 123 Å². The number of hydrogen-bond donors (Lipinski definition) is 1. The standard InChI is InChI=1S/C17H29NO2/c1-5-14(6-2)18(12-13-20-4)16(7-3)15-10-8-9-11-17(15)19/h8-11,14,16,19H,5-7,12-13H2,1-4H3. The van der Waals surface area contributed by atoms with Crippen molar-refractivity contribution in [1.29, 1.82) is 0 Å². The summed E-state index contributed by atoms with van der Waals surface area (Å²) in [7, 11) is 1.74. The van der Waals surface area contributed by atoms with E-state index in [2.05, 4.69) is 25.7 Å². The molecule has 3 heteroatoms. The summed E-state index contributed by atoms with van der Waals surface area (Å²) in [6.45, 7) is 8.26. The Hall–Kier alpha value is -1.06. The zero-order chi connectivity index (χ0) is 15.0. The lowest BCUT2D eigenvalue weighted by Crippen LogP contribution is -2.39. The molecule has 0 bridgehead atoms. The van der Waals surface area contributed by atoms with Crippen LogP contribution in [0.3, 0.4) is 0 Å². The van der Waals surface area contributed by atoms with Crippen LogP contribution in [0.25, 0.3) is 0 Å². The Bertz CT molecular complexity index is 377. The summed E-state index contributed by atoms with van der Waals surface area (Å²) < 4.78 is 5.27. The molecule has 0 spiro atoms. The lowest BCUT2D eigenvalue weighted by molar-refractivity contribution is 0.0761. The third-order valence-electron chi connectivity index (χ3n) is 4.05. The van der Waals surface area contributed by atoms with Gasteiger partial charge in [0, 0.05) is 31.3 Å². The number of para-hydroxylation sites is 1. The van der Waals surface area contributed by atoms with Crippen LogP contribution < -0.4 is 0 Å². The molecule has 3 nitrogen and oxygen atoms in total. The summed E-state index contributed by atoms with van der Waals surface area (Å²) in [5.41, 5.74) is 1.03. The fourth-order valence-electron chi connectivity index (χ4n) is 2.95. The molecule has 0 saturated heterocycles. The van der Waals surface area contributed by atoms with Gasteiger partial charge in [-0.3, -0.25) is 4.90 Å². The van der Waals surface area contributed by atoms with E-state index in [1.165, 1.54) is 0 Å². The van der Waals surface area contributed by atoms with Crippen molar-refractivity contribution in [1.82, 2.24) is 4.90 Å². The van der Waals surface area contributed by atoms with E-state index in [4.69, 9.17) is 4.74 Å². The number of hydrogen-bond acceptors (Lipinski definition) is 3. The van der Waals surface area contributed by atoms with Gasteiger partial charge in [-0.05, 0) is 25.3 Å². The molecule has 0 radical (unpaired) electrons. The molecule has 0 fully saturated rings. The number of methoxy groups -OCH3 is 1. The topological polar surface area (TPSA) is 32.7 Å². The summed E-state index contributed by atoms with van der Waals surface area (Å²) in [5.74, 6) is 0.396. The van der Waals surface area contributed by atoms with E-state index in [1.54, 1.807) is 13.2 Å². The molecule has 0 aromatic heterocycles. The molecule has 0 aliphatic heterocycles. The minimum absolute atomic E-state index is 0.247. The molecule has 114 valence electrons. The highest BCUT2D eigenvalue weighted by Crippen LogP contribution is 2.33. The predicted octanol–water partition coefficient (Wildman–Crippen LogP) is 3.98. The molecular weight excluding hydrogens is 250 g/mol. The maximum absolute atomic E-state index is 10.2. The van der Waals surface area contributed by atoms with Crippen molar-refractivity contribution >= 4 is 0 Å². The van der Waals surface area contributed by atoms with Gasteiger partial charge < -0.3 is 9.84 Å². The summed E-state index contributed by atoms with van der Waals surface area (Å²) in [6.07, 6.45) is 3.21. The molecule has 0 aliphatic carbocycles. The van der Waals surface area contributed by atoms with E-state index in [-0.39, 0.29) is 6.04 Å². The second-order valence-electron chi connectivity index (χ2n) is 5.18. The lowest BCUT2D eigenvalue weighted by atomic mass is 9.98. The van der Waals surface area contributed by atoms with Crippen molar-refractivity contribution in [3.63, 3.8) is 0 Å². The van der Waals surface area contributed by atoms with Gasteiger partial charge in [0.2, 0.25) is 0 Å². The number of phenolic OH excluding ortho intramolecular Hbond substituents is 1. The Morgan fingerprint density at radius 2 is 1.75 bits per heavy atom. The van der Waals surface area contributed by atoms with Crippen molar-refractivity contribution in [2.24, 2.45) is 0 Å². The van der Waals surface area contributed by atoms with E-state index in [0.29, 0.717) is 11.8 Å². The van der Waals surface area contributed by atoms with Gasteiger partial charge >= 0.3 is 0 Å². The van der Waals surface area contributed by atoms with E-state index in [1.807, 2.05) is 18.2 Å². The van der Waals surface area contributed by atoms with Gasteiger partial charge in [0.1, 0.15) is 5.75 Å².